The van der Waals surface area contributed by atoms with Crippen molar-refractivity contribution in [3.8, 4) is 28.2 Å². The first-order chi connectivity index (χ1) is 13.7. The Bertz CT molecular complexity index is 1260. The molecule has 0 bridgehead atoms. The zero-order chi connectivity index (χ0) is 19.1. The van der Waals surface area contributed by atoms with Gasteiger partial charge >= 0.3 is 0 Å². The molecule has 0 aliphatic heterocycles. The van der Waals surface area contributed by atoms with Gasteiger partial charge in [-0.1, -0.05) is 36.4 Å². The molecule has 0 spiro atoms. The maximum Gasteiger partial charge on any atom is 0.182 e. The standard InChI is InChI=1S/C23H18N4O/c1-15-11-18(17-7-4-3-5-8-17)12-16(2)22(15)27-13-25-26-23(27)19-9-6-10-20-21(19)24-14-28-20/h3-14H,1-2H3. The van der Waals surface area contributed by atoms with Crippen LogP contribution in [0, 0.1) is 13.8 Å². The van der Waals surface area contributed by atoms with E-state index in [0.717, 1.165) is 39.3 Å². The number of oxazole rings is 1. The third-order valence-corrected chi connectivity index (χ3v) is 4.99. The number of hydrogen-bond acceptors (Lipinski definition) is 4. The molecule has 5 rings (SSSR count). The van der Waals surface area contributed by atoms with Gasteiger partial charge in [-0.15, -0.1) is 10.2 Å². The lowest BCUT2D eigenvalue weighted by Gasteiger charge is -2.15. The van der Waals surface area contributed by atoms with Crippen molar-refractivity contribution in [1.82, 2.24) is 19.7 Å². The fourth-order valence-corrected chi connectivity index (χ4v) is 3.78. The topological polar surface area (TPSA) is 56.7 Å². The van der Waals surface area contributed by atoms with E-state index < -0.39 is 0 Å². The number of rotatable bonds is 3. The molecule has 0 radical (unpaired) electrons. The zero-order valence-corrected chi connectivity index (χ0v) is 15.6. The Morgan fingerprint density at radius 1 is 0.857 bits per heavy atom. The quantitative estimate of drug-likeness (QED) is 0.431. The number of nitrogens with zero attached hydrogens (tertiary/aromatic N) is 4. The molecule has 0 aliphatic rings. The SMILES string of the molecule is Cc1cc(-c2ccccc2)cc(C)c1-n1cnnc1-c1cccc2ocnc12. The molecule has 0 saturated carbocycles. The second-order valence-corrected chi connectivity index (χ2v) is 6.85. The van der Waals surface area contributed by atoms with Gasteiger partial charge in [-0.2, -0.15) is 0 Å². The summed E-state index contributed by atoms with van der Waals surface area (Å²) in [5, 5.41) is 8.57. The van der Waals surface area contributed by atoms with Crippen molar-refractivity contribution in [3.63, 3.8) is 0 Å². The minimum absolute atomic E-state index is 0.736. The first-order valence-electron chi connectivity index (χ1n) is 9.12. The van der Waals surface area contributed by atoms with Gasteiger partial charge in [-0.25, -0.2) is 4.98 Å². The highest BCUT2D eigenvalue weighted by atomic mass is 16.3. The van der Waals surface area contributed by atoms with Crippen LogP contribution in [-0.2, 0) is 0 Å². The minimum atomic E-state index is 0.736. The van der Waals surface area contributed by atoms with Crippen molar-refractivity contribution < 1.29 is 4.42 Å². The average molecular weight is 366 g/mol. The zero-order valence-electron chi connectivity index (χ0n) is 15.6. The number of fused-ring (bicyclic) bond motifs is 1. The number of para-hydroxylation sites is 1. The smallest absolute Gasteiger partial charge is 0.182 e. The first kappa shape index (κ1) is 16.4. The lowest BCUT2D eigenvalue weighted by Crippen LogP contribution is -2.02. The molecule has 0 aliphatic carbocycles. The van der Waals surface area contributed by atoms with Crippen LogP contribution < -0.4 is 0 Å². The molecule has 5 heteroatoms. The molecule has 0 unspecified atom stereocenters. The first-order valence-corrected chi connectivity index (χ1v) is 9.12. The van der Waals surface area contributed by atoms with Gasteiger partial charge in [0.1, 0.15) is 11.8 Å². The van der Waals surface area contributed by atoms with E-state index >= 15 is 0 Å². The Hall–Kier alpha value is -3.73. The van der Waals surface area contributed by atoms with E-state index in [0.29, 0.717) is 0 Å². The highest BCUT2D eigenvalue weighted by Gasteiger charge is 2.17. The van der Waals surface area contributed by atoms with Crippen LogP contribution in [-0.4, -0.2) is 19.7 Å². The Balaban J connectivity index is 1.68. The predicted molar refractivity (Wildman–Crippen MR) is 109 cm³/mol. The van der Waals surface area contributed by atoms with Gasteiger partial charge in [0.05, 0.1) is 5.69 Å². The van der Waals surface area contributed by atoms with Crippen LogP contribution in [0.25, 0.3) is 39.3 Å². The lowest BCUT2D eigenvalue weighted by molar-refractivity contribution is 0.602. The number of aryl methyl sites for hydroxylation is 2. The van der Waals surface area contributed by atoms with Gasteiger partial charge in [0.25, 0.3) is 0 Å². The Morgan fingerprint density at radius 2 is 1.64 bits per heavy atom. The van der Waals surface area contributed by atoms with Crippen LogP contribution in [0.3, 0.4) is 0 Å². The van der Waals surface area contributed by atoms with Crippen LogP contribution in [0.4, 0.5) is 0 Å². The maximum absolute atomic E-state index is 5.45. The van der Waals surface area contributed by atoms with Gasteiger partial charge in [-0.05, 0) is 60.4 Å². The summed E-state index contributed by atoms with van der Waals surface area (Å²) >= 11 is 0. The van der Waals surface area contributed by atoms with Crippen molar-refractivity contribution in [2.45, 2.75) is 13.8 Å². The van der Waals surface area contributed by atoms with E-state index in [1.807, 2.05) is 28.8 Å². The Labute approximate surface area is 162 Å². The molecule has 2 heterocycles. The monoisotopic (exact) mass is 366 g/mol. The number of benzene rings is 3. The summed E-state index contributed by atoms with van der Waals surface area (Å²) < 4.78 is 7.48. The molecule has 0 amide bonds. The molecular weight excluding hydrogens is 348 g/mol. The molecule has 5 nitrogen and oxygen atoms in total. The van der Waals surface area contributed by atoms with E-state index in [2.05, 4.69) is 65.4 Å². The van der Waals surface area contributed by atoms with Crippen LogP contribution in [0.15, 0.2) is 77.8 Å². The molecule has 136 valence electrons. The van der Waals surface area contributed by atoms with Gasteiger partial charge in [0, 0.05) is 5.56 Å². The summed E-state index contributed by atoms with van der Waals surface area (Å²) in [6.45, 7) is 4.24. The predicted octanol–water partition coefficient (Wildman–Crippen LogP) is 5.36. The van der Waals surface area contributed by atoms with Gasteiger partial charge in [0.2, 0.25) is 0 Å². The molecule has 5 aromatic rings. The van der Waals surface area contributed by atoms with Gasteiger partial charge in [-0.3, -0.25) is 4.57 Å². The lowest BCUT2D eigenvalue weighted by atomic mass is 9.98. The van der Waals surface area contributed by atoms with Crippen molar-refractivity contribution in [3.05, 3.63) is 84.5 Å². The summed E-state index contributed by atoms with van der Waals surface area (Å²) in [6, 6.07) is 20.7. The summed E-state index contributed by atoms with van der Waals surface area (Å²) in [7, 11) is 0. The Kier molecular flexibility index (Phi) is 3.79. The van der Waals surface area contributed by atoms with Crippen molar-refractivity contribution >= 4 is 11.1 Å². The van der Waals surface area contributed by atoms with Gasteiger partial charge in [0.15, 0.2) is 17.8 Å². The molecule has 2 aromatic heterocycles. The fourth-order valence-electron chi connectivity index (χ4n) is 3.78. The second kappa shape index (κ2) is 6.46. The molecule has 3 aromatic carbocycles. The van der Waals surface area contributed by atoms with E-state index in [-0.39, 0.29) is 0 Å². The molecule has 0 fully saturated rings. The number of aromatic nitrogens is 4. The number of hydrogen-bond donors (Lipinski definition) is 0. The largest absolute Gasteiger partial charge is 0.443 e. The van der Waals surface area contributed by atoms with Crippen LogP contribution in [0.5, 0.6) is 0 Å². The maximum atomic E-state index is 5.45. The second-order valence-electron chi connectivity index (χ2n) is 6.85. The summed E-state index contributed by atoms with van der Waals surface area (Å²) in [5.74, 6) is 0.748. The van der Waals surface area contributed by atoms with E-state index in [4.69, 9.17) is 4.42 Å². The van der Waals surface area contributed by atoms with E-state index in [9.17, 15) is 0 Å². The minimum Gasteiger partial charge on any atom is -0.443 e. The highest BCUT2D eigenvalue weighted by Crippen LogP contribution is 2.32. The highest BCUT2D eigenvalue weighted by molar-refractivity contribution is 5.88. The normalized spacial score (nSPS) is 11.2. The van der Waals surface area contributed by atoms with Crippen LogP contribution >= 0.6 is 0 Å². The van der Waals surface area contributed by atoms with Crippen molar-refractivity contribution in [2.75, 3.05) is 0 Å². The third-order valence-electron chi connectivity index (χ3n) is 4.99. The van der Waals surface area contributed by atoms with Crippen molar-refractivity contribution in [1.29, 1.82) is 0 Å². The third kappa shape index (κ3) is 2.60. The fraction of sp³-hybridized carbons (Fsp3) is 0.0870. The summed E-state index contributed by atoms with van der Waals surface area (Å²) in [6.07, 6.45) is 3.21. The molecule has 28 heavy (non-hydrogen) atoms. The molecule has 0 N–H and O–H groups in total. The molecular formula is C23H18N4O. The van der Waals surface area contributed by atoms with Crippen LogP contribution in [0.2, 0.25) is 0 Å². The van der Waals surface area contributed by atoms with Gasteiger partial charge < -0.3 is 4.42 Å². The molecule has 0 saturated heterocycles. The summed E-state index contributed by atoms with van der Waals surface area (Å²) in [4.78, 5) is 4.36. The molecule has 0 atom stereocenters. The summed E-state index contributed by atoms with van der Waals surface area (Å²) in [5.41, 5.74) is 8.23. The van der Waals surface area contributed by atoms with Crippen LogP contribution in [0.1, 0.15) is 11.1 Å². The Morgan fingerprint density at radius 3 is 2.43 bits per heavy atom. The average Bonchev–Trinajstić information content (AvgIpc) is 3.37. The van der Waals surface area contributed by atoms with E-state index in [1.165, 1.54) is 17.5 Å². The van der Waals surface area contributed by atoms with Crippen molar-refractivity contribution in [2.24, 2.45) is 0 Å². The van der Waals surface area contributed by atoms with E-state index in [1.54, 1.807) is 6.33 Å².